The second-order valence-corrected chi connectivity index (χ2v) is 5.32. The molecule has 22 heavy (non-hydrogen) atoms. The van der Waals surface area contributed by atoms with Crippen molar-refractivity contribution in [3.8, 4) is 0 Å². The SMILES string of the molecule is CNC(=O)c1ccc(C)c(NC(=O)c2nc(Cl)ccc2Cl)c1. The standard InChI is InChI=1S/C15H13Cl2N3O2/c1-8-3-4-9(14(21)18-2)7-11(8)19-15(22)13-10(16)5-6-12(17)20-13/h3-7H,1-2H3,(H,18,21)(H,19,22). The molecule has 0 saturated carbocycles. The van der Waals surface area contributed by atoms with Crippen LogP contribution in [-0.4, -0.2) is 23.8 Å². The Kier molecular flexibility index (Phi) is 5.00. The summed E-state index contributed by atoms with van der Waals surface area (Å²) >= 11 is 11.7. The highest BCUT2D eigenvalue weighted by atomic mass is 35.5. The van der Waals surface area contributed by atoms with Gasteiger partial charge in [0.15, 0.2) is 0 Å². The lowest BCUT2D eigenvalue weighted by Crippen LogP contribution is -2.19. The van der Waals surface area contributed by atoms with E-state index in [4.69, 9.17) is 23.2 Å². The van der Waals surface area contributed by atoms with Crippen LogP contribution in [0.4, 0.5) is 5.69 Å². The molecule has 0 bridgehead atoms. The summed E-state index contributed by atoms with van der Waals surface area (Å²) in [7, 11) is 1.54. The highest BCUT2D eigenvalue weighted by Crippen LogP contribution is 2.21. The summed E-state index contributed by atoms with van der Waals surface area (Å²) in [5.41, 5.74) is 1.77. The van der Waals surface area contributed by atoms with E-state index in [1.807, 2.05) is 6.92 Å². The maximum atomic E-state index is 12.3. The monoisotopic (exact) mass is 337 g/mol. The fraction of sp³-hybridized carbons (Fsp3) is 0.133. The highest BCUT2D eigenvalue weighted by Gasteiger charge is 2.15. The van der Waals surface area contributed by atoms with Crippen LogP contribution in [0.3, 0.4) is 0 Å². The van der Waals surface area contributed by atoms with Gasteiger partial charge >= 0.3 is 0 Å². The quantitative estimate of drug-likeness (QED) is 0.844. The number of nitrogens with zero attached hydrogens (tertiary/aromatic N) is 1. The number of pyridine rings is 1. The van der Waals surface area contributed by atoms with Gasteiger partial charge in [-0.2, -0.15) is 0 Å². The van der Waals surface area contributed by atoms with Gasteiger partial charge in [0, 0.05) is 18.3 Å². The van der Waals surface area contributed by atoms with Crippen LogP contribution in [-0.2, 0) is 0 Å². The van der Waals surface area contributed by atoms with Gasteiger partial charge in [-0.15, -0.1) is 0 Å². The van der Waals surface area contributed by atoms with E-state index in [1.165, 1.54) is 19.2 Å². The molecule has 0 aliphatic heterocycles. The molecule has 0 unspecified atom stereocenters. The molecule has 2 aromatic rings. The van der Waals surface area contributed by atoms with Crippen molar-refractivity contribution in [3.05, 3.63) is 57.3 Å². The fourth-order valence-electron chi connectivity index (χ4n) is 1.80. The maximum Gasteiger partial charge on any atom is 0.275 e. The Labute approximate surface area is 137 Å². The third kappa shape index (κ3) is 3.55. The molecule has 0 aliphatic rings. The molecule has 0 fully saturated rings. The predicted octanol–water partition coefficient (Wildman–Crippen LogP) is 3.31. The fourth-order valence-corrected chi connectivity index (χ4v) is 2.14. The molecule has 2 amide bonds. The molecule has 2 rings (SSSR count). The minimum absolute atomic E-state index is 0.0268. The Hall–Kier alpha value is -2.11. The number of carbonyl (C=O) groups is 2. The lowest BCUT2D eigenvalue weighted by molar-refractivity contribution is 0.0961. The van der Waals surface area contributed by atoms with Crippen molar-refractivity contribution >= 4 is 40.7 Å². The topological polar surface area (TPSA) is 71.1 Å². The minimum atomic E-state index is -0.496. The summed E-state index contributed by atoms with van der Waals surface area (Å²) in [4.78, 5) is 27.8. The zero-order chi connectivity index (χ0) is 16.3. The lowest BCUT2D eigenvalue weighted by atomic mass is 10.1. The number of rotatable bonds is 3. The van der Waals surface area contributed by atoms with E-state index in [2.05, 4.69) is 15.6 Å². The number of halogens is 2. The van der Waals surface area contributed by atoms with Gasteiger partial charge in [-0.05, 0) is 36.8 Å². The molecular weight excluding hydrogens is 325 g/mol. The number of benzene rings is 1. The van der Waals surface area contributed by atoms with Crippen molar-refractivity contribution < 1.29 is 9.59 Å². The number of anilines is 1. The van der Waals surface area contributed by atoms with Crippen molar-refractivity contribution in [2.24, 2.45) is 0 Å². The Morgan fingerprint density at radius 2 is 1.82 bits per heavy atom. The Morgan fingerprint density at radius 3 is 2.50 bits per heavy atom. The molecule has 7 heteroatoms. The van der Waals surface area contributed by atoms with Crippen LogP contribution in [0.25, 0.3) is 0 Å². The van der Waals surface area contributed by atoms with E-state index in [1.54, 1.807) is 18.2 Å². The lowest BCUT2D eigenvalue weighted by Gasteiger charge is -2.10. The Balaban J connectivity index is 2.32. The number of nitrogens with one attached hydrogen (secondary N) is 2. The predicted molar refractivity (Wildman–Crippen MR) is 86.8 cm³/mol. The number of carbonyl (C=O) groups excluding carboxylic acids is 2. The first kappa shape index (κ1) is 16.3. The number of aryl methyl sites for hydroxylation is 1. The molecule has 1 aromatic heterocycles. The average molecular weight is 338 g/mol. The molecule has 5 nitrogen and oxygen atoms in total. The van der Waals surface area contributed by atoms with E-state index in [0.29, 0.717) is 11.3 Å². The van der Waals surface area contributed by atoms with E-state index >= 15 is 0 Å². The minimum Gasteiger partial charge on any atom is -0.355 e. The molecule has 0 saturated heterocycles. The van der Waals surface area contributed by atoms with Crippen LogP contribution < -0.4 is 10.6 Å². The normalized spacial score (nSPS) is 10.2. The highest BCUT2D eigenvalue weighted by molar-refractivity contribution is 6.35. The molecule has 114 valence electrons. The molecule has 0 atom stereocenters. The van der Waals surface area contributed by atoms with Gasteiger partial charge in [-0.1, -0.05) is 29.3 Å². The van der Waals surface area contributed by atoms with Crippen molar-refractivity contribution in [1.82, 2.24) is 10.3 Å². The number of hydrogen-bond donors (Lipinski definition) is 2. The van der Waals surface area contributed by atoms with Gasteiger partial charge in [0.05, 0.1) is 5.02 Å². The summed E-state index contributed by atoms with van der Waals surface area (Å²) < 4.78 is 0. The second-order valence-electron chi connectivity index (χ2n) is 4.53. The van der Waals surface area contributed by atoms with E-state index in [9.17, 15) is 9.59 Å². The van der Waals surface area contributed by atoms with Gasteiger partial charge < -0.3 is 10.6 Å². The smallest absolute Gasteiger partial charge is 0.275 e. The summed E-state index contributed by atoms with van der Waals surface area (Å²) in [6.45, 7) is 1.82. The van der Waals surface area contributed by atoms with Gasteiger partial charge in [0.25, 0.3) is 11.8 Å². The third-order valence-electron chi connectivity index (χ3n) is 3.00. The van der Waals surface area contributed by atoms with Crippen molar-refractivity contribution in [2.45, 2.75) is 6.92 Å². The zero-order valence-corrected chi connectivity index (χ0v) is 13.4. The molecule has 0 aliphatic carbocycles. The number of aromatic nitrogens is 1. The van der Waals surface area contributed by atoms with Gasteiger partial charge in [0.2, 0.25) is 0 Å². The third-order valence-corrected chi connectivity index (χ3v) is 3.52. The Bertz CT molecular complexity index is 748. The Morgan fingerprint density at radius 1 is 1.09 bits per heavy atom. The summed E-state index contributed by atoms with van der Waals surface area (Å²) in [6.07, 6.45) is 0. The first-order chi connectivity index (χ1) is 10.4. The van der Waals surface area contributed by atoms with Crippen LogP contribution in [0.15, 0.2) is 30.3 Å². The van der Waals surface area contributed by atoms with Gasteiger partial charge in [0.1, 0.15) is 10.8 Å². The van der Waals surface area contributed by atoms with Crippen LogP contribution in [0.5, 0.6) is 0 Å². The van der Waals surface area contributed by atoms with Crippen LogP contribution in [0.2, 0.25) is 10.2 Å². The number of amides is 2. The maximum absolute atomic E-state index is 12.3. The zero-order valence-electron chi connectivity index (χ0n) is 11.9. The summed E-state index contributed by atoms with van der Waals surface area (Å²) in [5.74, 6) is -0.737. The van der Waals surface area contributed by atoms with E-state index in [-0.39, 0.29) is 21.8 Å². The molecule has 1 aromatic carbocycles. The van der Waals surface area contributed by atoms with Crippen molar-refractivity contribution in [3.63, 3.8) is 0 Å². The average Bonchev–Trinajstić information content (AvgIpc) is 2.50. The molecule has 0 spiro atoms. The van der Waals surface area contributed by atoms with Gasteiger partial charge in [-0.25, -0.2) is 4.98 Å². The first-order valence-corrected chi connectivity index (χ1v) is 7.14. The first-order valence-electron chi connectivity index (χ1n) is 6.38. The summed E-state index contributed by atoms with van der Waals surface area (Å²) in [5, 5.41) is 5.58. The second kappa shape index (κ2) is 6.77. The van der Waals surface area contributed by atoms with Crippen LogP contribution >= 0.6 is 23.2 Å². The number of hydrogen-bond acceptors (Lipinski definition) is 3. The largest absolute Gasteiger partial charge is 0.355 e. The van der Waals surface area contributed by atoms with Crippen molar-refractivity contribution in [2.75, 3.05) is 12.4 Å². The molecule has 0 radical (unpaired) electrons. The van der Waals surface area contributed by atoms with Crippen LogP contribution in [0, 0.1) is 6.92 Å². The van der Waals surface area contributed by atoms with E-state index < -0.39 is 5.91 Å². The van der Waals surface area contributed by atoms with Crippen LogP contribution in [0.1, 0.15) is 26.4 Å². The van der Waals surface area contributed by atoms with E-state index in [0.717, 1.165) is 5.56 Å². The van der Waals surface area contributed by atoms with Gasteiger partial charge in [-0.3, -0.25) is 9.59 Å². The molecule has 1 heterocycles. The molecule has 2 N–H and O–H groups in total. The summed E-state index contributed by atoms with van der Waals surface area (Å²) in [6, 6.07) is 8.00. The molecular formula is C15H13Cl2N3O2. The van der Waals surface area contributed by atoms with Crippen molar-refractivity contribution in [1.29, 1.82) is 0 Å².